The van der Waals surface area contributed by atoms with E-state index < -0.39 is 0 Å². The summed E-state index contributed by atoms with van der Waals surface area (Å²) in [6.07, 6.45) is 1.14. The van der Waals surface area contributed by atoms with Gasteiger partial charge in [-0.05, 0) is 65.5 Å². The summed E-state index contributed by atoms with van der Waals surface area (Å²) >= 11 is 3.48. The number of carbonyl (C=O) groups excluding carboxylic acids is 1. The number of halogens is 1. The van der Waals surface area contributed by atoms with Crippen LogP contribution in [0.2, 0.25) is 0 Å². The van der Waals surface area contributed by atoms with Crippen LogP contribution in [-0.4, -0.2) is 25.7 Å². The van der Waals surface area contributed by atoms with Gasteiger partial charge in [0.2, 0.25) is 5.91 Å². The number of rotatable bonds is 5. The molecule has 0 fully saturated rings. The van der Waals surface area contributed by atoms with Gasteiger partial charge in [0.15, 0.2) is 5.75 Å². The van der Waals surface area contributed by atoms with Crippen molar-refractivity contribution in [2.45, 2.75) is 26.7 Å². The van der Waals surface area contributed by atoms with Gasteiger partial charge in [-0.25, -0.2) is 0 Å². The van der Waals surface area contributed by atoms with Crippen molar-refractivity contribution in [1.82, 2.24) is 0 Å². The quantitative estimate of drug-likeness (QED) is 0.681. The zero-order valence-corrected chi connectivity index (χ0v) is 16.1. The lowest BCUT2D eigenvalue weighted by Gasteiger charge is -2.30. The van der Waals surface area contributed by atoms with Crippen LogP contribution in [0.4, 0.5) is 5.69 Å². The monoisotopic (exact) mass is 403 g/mol. The molecule has 0 saturated heterocycles. The lowest BCUT2D eigenvalue weighted by atomic mass is 10.1. The smallest absolute Gasteiger partial charge is 0.227 e. The highest BCUT2D eigenvalue weighted by atomic mass is 79.9. The number of ether oxygens (including phenoxy) is 2. The standard InChI is InChI=1S/C20H22BrNO3/c1-14-6-3-9-18(15(14)2)24-12-5-10-19(23)22-11-13-25-20-16(21)7-4-8-17(20)22/h3-4,6-9H,5,10-13H2,1-2H3. The Morgan fingerprint density at radius 3 is 2.88 bits per heavy atom. The Balaban J connectivity index is 1.56. The van der Waals surface area contributed by atoms with Crippen molar-refractivity contribution in [2.24, 2.45) is 0 Å². The molecular formula is C20H22BrNO3. The van der Waals surface area contributed by atoms with E-state index in [1.54, 1.807) is 0 Å². The maximum atomic E-state index is 12.6. The molecule has 0 unspecified atom stereocenters. The first-order valence-corrected chi connectivity index (χ1v) is 9.28. The van der Waals surface area contributed by atoms with E-state index in [4.69, 9.17) is 9.47 Å². The van der Waals surface area contributed by atoms with Crippen molar-refractivity contribution in [1.29, 1.82) is 0 Å². The summed E-state index contributed by atoms with van der Waals surface area (Å²) in [5.74, 6) is 1.74. The number of para-hydroxylation sites is 1. The molecule has 2 aromatic carbocycles. The molecule has 5 heteroatoms. The summed E-state index contributed by atoms with van der Waals surface area (Å²) in [5.41, 5.74) is 3.20. The Labute approximate surface area is 156 Å². The molecule has 3 rings (SSSR count). The fourth-order valence-electron chi connectivity index (χ4n) is 2.89. The van der Waals surface area contributed by atoms with Crippen molar-refractivity contribution >= 4 is 27.5 Å². The molecule has 0 spiro atoms. The van der Waals surface area contributed by atoms with E-state index in [0.29, 0.717) is 32.6 Å². The molecule has 1 heterocycles. The number of amides is 1. The van der Waals surface area contributed by atoms with Gasteiger partial charge >= 0.3 is 0 Å². The summed E-state index contributed by atoms with van der Waals surface area (Å²) in [4.78, 5) is 14.4. The molecule has 0 aliphatic carbocycles. The molecule has 0 aromatic heterocycles. The summed E-state index contributed by atoms with van der Waals surface area (Å²) in [5, 5.41) is 0. The Kier molecular flexibility index (Phi) is 5.63. The molecule has 0 bridgehead atoms. The molecule has 1 amide bonds. The molecule has 4 nitrogen and oxygen atoms in total. The van der Waals surface area contributed by atoms with Gasteiger partial charge in [-0.3, -0.25) is 4.79 Å². The largest absolute Gasteiger partial charge is 0.493 e. The summed E-state index contributed by atoms with van der Waals surface area (Å²) in [7, 11) is 0. The minimum absolute atomic E-state index is 0.104. The number of hydrogen-bond donors (Lipinski definition) is 0. The first-order chi connectivity index (χ1) is 12.1. The zero-order valence-electron chi connectivity index (χ0n) is 14.5. The van der Waals surface area contributed by atoms with Crippen LogP contribution in [0.3, 0.4) is 0 Å². The van der Waals surface area contributed by atoms with Crippen LogP contribution < -0.4 is 14.4 Å². The highest BCUT2D eigenvalue weighted by Gasteiger charge is 2.24. The number of hydrogen-bond acceptors (Lipinski definition) is 3. The molecule has 1 aliphatic rings. The van der Waals surface area contributed by atoms with Crippen molar-refractivity contribution in [2.75, 3.05) is 24.7 Å². The minimum atomic E-state index is 0.104. The maximum absolute atomic E-state index is 12.6. The van der Waals surface area contributed by atoms with Crippen LogP contribution in [-0.2, 0) is 4.79 Å². The van der Waals surface area contributed by atoms with Gasteiger partial charge in [0, 0.05) is 6.42 Å². The summed E-state index contributed by atoms with van der Waals surface area (Å²) in [6, 6.07) is 11.8. The van der Waals surface area contributed by atoms with E-state index in [1.807, 2.05) is 35.2 Å². The molecule has 2 aromatic rings. The van der Waals surface area contributed by atoms with E-state index in [0.717, 1.165) is 27.2 Å². The predicted octanol–water partition coefficient (Wildman–Crippen LogP) is 4.65. The average Bonchev–Trinajstić information content (AvgIpc) is 2.62. The van der Waals surface area contributed by atoms with Gasteiger partial charge in [0.1, 0.15) is 12.4 Å². The molecule has 0 saturated carbocycles. The van der Waals surface area contributed by atoms with Gasteiger partial charge < -0.3 is 14.4 Å². The van der Waals surface area contributed by atoms with Crippen molar-refractivity contribution < 1.29 is 14.3 Å². The van der Waals surface area contributed by atoms with Gasteiger partial charge in [-0.2, -0.15) is 0 Å². The molecule has 0 radical (unpaired) electrons. The van der Waals surface area contributed by atoms with Crippen molar-refractivity contribution in [3.8, 4) is 11.5 Å². The summed E-state index contributed by atoms with van der Waals surface area (Å²) < 4.78 is 12.4. The van der Waals surface area contributed by atoms with Crippen molar-refractivity contribution in [3.05, 3.63) is 52.0 Å². The van der Waals surface area contributed by atoms with E-state index in [2.05, 4.69) is 35.8 Å². The fourth-order valence-corrected chi connectivity index (χ4v) is 3.36. The van der Waals surface area contributed by atoms with E-state index in [-0.39, 0.29) is 5.91 Å². The number of nitrogens with zero attached hydrogens (tertiary/aromatic N) is 1. The highest BCUT2D eigenvalue weighted by Crippen LogP contribution is 2.38. The normalized spacial score (nSPS) is 13.2. The first-order valence-electron chi connectivity index (χ1n) is 8.48. The van der Waals surface area contributed by atoms with Crippen molar-refractivity contribution in [3.63, 3.8) is 0 Å². The fraction of sp³-hybridized carbons (Fsp3) is 0.350. The summed E-state index contributed by atoms with van der Waals surface area (Å²) in [6.45, 7) is 5.75. The minimum Gasteiger partial charge on any atom is -0.493 e. The number of carbonyl (C=O) groups is 1. The number of aryl methyl sites for hydroxylation is 1. The second-order valence-corrected chi connectivity index (χ2v) is 6.99. The van der Waals surface area contributed by atoms with E-state index in [1.165, 1.54) is 5.56 Å². The Morgan fingerprint density at radius 2 is 2.04 bits per heavy atom. The van der Waals surface area contributed by atoms with Gasteiger partial charge in [-0.15, -0.1) is 0 Å². The SMILES string of the molecule is Cc1cccc(OCCCC(=O)N2CCOc3c(Br)cccc32)c1C. The topological polar surface area (TPSA) is 38.8 Å². The second kappa shape index (κ2) is 7.91. The maximum Gasteiger partial charge on any atom is 0.227 e. The Bertz CT molecular complexity index is 776. The van der Waals surface area contributed by atoms with Gasteiger partial charge in [-0.1, -0.05) is 18.2 Å². The second-order valence-electron chi connectivity index (χ2n) is 6.13. The molecule has 132 valence electrons. The predicted molar refractivity (Wildman–Crippen MR) is 103 cm³/mol. The van der Waals surface area contributed by atoms with Crippen LogP contribution in [0.25, 0.3) is 0 Å². The Morgan fingerprint density at radius 1 is 1.24 bits per heavy atom. The molecule has 1 aliphatic heterocycles. The van der Waals surface area contributed by atoms with E-state index >= 15 is 0 Å². The number of benzene rings is 2. The van der Waals surface area contributed by atoms with Crippen LogP contribution in [0.1, 0.15) is 24.0 Å². The lowest BCUT2D eigenvalue weighted by Crippen LogP contribution is -2.38. The lowest BCUT2D eigenvalue weighted by molar-refractivity contribution is -0.119. The zero-order chi connectivity index (χ0) is 17.8. The molecule has 25 heavy (non-hydrogen) atoms. The third-order valence-electron chi connectivity index (χ3n) is 4.45. The third kappa shape index (κ3) is 3.98. The Hall–Kier alpha value is -2.01. The first kappa shape index (κ1) is 17.8. The molecule has 0 atom stereocenters. The van der Waals surface area contributed by atoms with Crippen LogP contribution in [0.5, 0.6) is 11.5 Å². The van der Waals surface area contributed by atoms with Gasteiger partial charge in [0.05, 0.1) is 23.3 Å². The van der Waals surface area contributed by atoms with Gasteiger partial charge in [0.25, 0.3) is 0 Å². The average molecular weight is 404 g/mol. The number of fused-ring (bicyclic) bond motifs is 1. The van der Waals surface area contributed by atoms with Crippen LogP contribution in [0, 0.1) is 13.8 Å². The highest BCUT2D eigenvalue weighted by molar-refractivity contribution is 9.10. The van der Waals surface area contributed by atoms with Crippen LogP contribution >= 0.6 is 15.9 Å². The third-order valence-corrected chi connectivity index (χ3v) is 5.07. The van der Waals surface area contributed by atoms with Crippen LogP contribution in [0.15, 0.2) is 40.9 Å². The van der Waals surface area contributed by atoms with E-state index in [9.17, 15) is 4.79 Å². The number of anilines is 1. The molecule has 0 N–H and O–H groups in total. The molecular weight excluding hydrogens is 382 g/mol.